The van der Waals surface area contributed by atoms with Gasteiger partial charge in [-0.2, -0.15) is 11.8 Å². The number of hydrogen-bond acceptors (Lipinski definition) is 4. The van der Waals surface area contributed by atoms with Crippen LogP contribution in [-0.4, -0.2) is 28.4 Å². The lowest BCUT2D eigenvalue weighted by atomic mass is 10.2. The zero-order valence-corrected chi connectivity index (χ0v) is 8.66. The average molecular weight is 214 g/mol. The molecule has 0 saturated carbocycles. The third kappa shape index (κ3) is 2.22. The minimum Gasteiger partial charge on any atom is -0.346 e. The van der Waals surface area contributed by atoms with Crippen LogP contribution in [0.1, 0.15) is 16.2 Å². The highest BCUT2D eigenvalue weighted by Crippen LogP contribution is 2.17. The molecule has 1 fully saturated rings. The number of hydrogen-bond donors (Lipinski definition) is 1. The molecule has 0 radical (unpaired) electrons. The first-order valence-corrected chi connectivity index (χ1v) is 6.18. The fourth-order valence-electron chi connectivity index (χ4n) is 1.23. The van der Waals surface area contributed by atoms with Gasteiger partial charge in [0.05, 0.1) is 0 Å². The monoisotopic (exact) mass is 214 g/mol. The van der Waals surface area contributed by atoms with E-state index in [9.17, 15) is 4.79 Å². The summed E-state index contributed by atoms with van der Waals surface area (Å²) in [5.41, 5.74) is 0. The maximum absolute atomic E-state index is 11.5. The van der Waals surface area contributed by atoms with Crippen LogP contribution >= 0.6 is 23.1 Å². The van der Waals surface area contributed by atoms with Gasteiger partial charge in [0, 0.05) is 23.4 Å². The molecule has 1 saturated heterocycles. The highest BCUT2D eigenvalue weighted by molar-refractivity contribution is 7.99. The van der Waals surface area contributed by atoms with Crippen LogP contribution in [0.5, 0.6) is 0 Å². The maximum Gasteiger partial charge on any atom is 0.280 e. The second-order valence-electron chi connectivity index (χ2n) is 2.87. The number of amides is 1. The summed E-state index contributed by atoms with van der Waals surface area (Å²) in [5, 5.41) is 5.35. The standard InChI is InChI=1S/C8H10N2OS2/c11-7(8-9-2-4-13-8)10-6-1-3-12-5-6/h2,4,6H,1,3,5H2,(H,10,11). The molecule has 1 amide bonds. The number of thiazole rings is 1. The van der Waals surface area contributed by atoms with E-state index in [1.165, 1.54) is 11.3 Å². The molecule has 2 rings (SSSR count). The summed E-state index contributed by atoms with van der Waals surface area (Å²) >= 11 is 3.27. The Kier molecular flexibility index (Phi) is 2.85. The molecule has 70 valence electrons. The molecule has 3 nitrogen and oxygen atoms in total. The Bertz CT molecular complexity index is 280. The molecule has 0 spiro atoms. The van der Waals surface area contributed by atoms with Crippen LogP contribution < -0.4 is 5.32 Å². The van der Waals surface area contributed by atoms with Gasteiger partial charge in [-0.15, -0.1) is 11.3 Å². The normalized spacial score (nSPS) is 21.7. The highest BCUT2D eigenvalue weighted by Gasteiger charge is 2.19. The molecule has 0 aliphatic carbocycles. The summed E-state index contributed by atoms with van der Waals surface area (Å²) in [4.78, 5) is 15.4. The van der Waals surface area contributed by atoms with Gasteiger partial charge in [0.2, 0.25) is 0 Å². The average Bonchev–Trinajstić information content (AvgIpc) is 2.74. The molecule has 2 heterocycles. The lowest BCUT2D eigenvalue weighted by Gasteiger charge is -2.08. The molecule has 0 bridgehead atoms. The summed E-state index contributed by atoms with van der Waals surface area (Å²) in [6.07, 6.45) is 2.74. The lowest BCUT2D eigenvalue weighted by molar-refractivity contribution is 0.0941. The van der Waals surface area contributed by atoms with Crippen molar-refractivity contribution in [2.45, 2.75) is 12.5 Å². The quantitative estimate of drug-likeness (QED) is 0.808. The first-order chi connectivity index (χ1) is 6.36. The molecule has 1 aliphatic rings. The number of carbonyl (C=O) groups excluding carboxylic acids is 1. The molecular weight excluding hydrogens is 204 g/mol. The second-order valence-corrected chi connectivity index (χ2v) is 4.92. The van der Waals surface area contributed by atoms with E-state index in [2.05, 4.69) is 10.3 Å². The van der Waals surface area contributed by atoms with Gasteiger partial charge in [0.15, 0.2) is 5.01 Å². The SMILES string of the molecule is O=C(NC1CCSC1)c1nccs1. The Morgan fingerprint density at radius 1 is 1.69 bits per heavy atom. The Balaban J connectivity index is 1.91. The number of carbonyl (C=O) groups is 1. The van der Waals surface area contributed by atoms with Crippen LogP contribution in [0.25, 0.3) is 0 Å². The molecule has 5 heteroatoms. The Hall–Kier alpha value is -0.550. The zero-order chi connectivity index (χ0) is 9.10. The third-order valence-corrected chi connectivity index (χ3v) is 3.83. The fourth-order valence-corrected chi connectivity index (χ4v) is 2.92. The van der Waals surface area contributed by atoms with Crippen molar-refractivity contribution in [2.75, 3.05) is 11.5 Å². The van der Waals surface area contributed by atoms with Gasteiger partial charge in [-0.25, -0.2) is 4.98 Å². The molecule has 1 unspecified atom stereocenters. The Morgan fingerprint density at radius 2 is 2.62 bits per heavy atom. The number of rotatable bonds is 2. The van der Waals surface area contributed by atoms with E-state index in [1.54, 1.807) is 6.20 Å². The summed E-state index contributed by atoms with van der Waals surface area (Å²) < 4.78 is 0. The van der Waals surface area contributed by atoms with E-state index in [-0.39, 0.29) is 5.91 Å². The van der Waals surface area contributed by atoms with Crippen LogP contribution in [-0.2, 0) is 0 Å². The highest BCUT2D eigenvalue weighted by atomic mass is 32.2. The molecule has 1 aromatic heterocycles. The minimum atomic E-state index is -0.0255. The molecule has 1 aliphatic heterocycles. The molecular formula is C8H10N2OS2. The van der Waals surface area contributed by atoms with Crippen LogP contribution in [0.4, 0.5) is 0 Å². The summed E-state index contributed by atoms with van der Waals surface area (Å²) in [6, 6.07) is 0.349. The van der Waals surface area contributed by atoms with E-state index >= 15 is 0 Å². The van der Waals surface area contributed by atoms with Crippen molar-refractivity contribution in [1.82, 2.24) is 10.3 Å². The zero-order valence-electron chi connectivity index (χ0n) is 7.03. The molecule has 13 heavy (non-hydrogen) atoms. The van der Waals surface area contributed by atoms with E-state index < -0.39 is 0 Å². The van der Waals surface area contributed by atoms with Crippen LogP contribution in [0.3, 0.4) is 0 Å². The summed E-state index contributed by atoms with van der Waals surface area (Å²) in [5.74, 6) is 2.17. The molecule has 0 aromatic carbocycles. The number of nitrogens with zero attached hydrogens (tertiary/aromatic N) is 1. The number of nitrogens with one attached hydrogen (secondary N) is 1. The predicted molar refractivity (Wildman–Crippen MR) is 55.3 cm³/mol. The largest absolute Gasteiger partial charge is 0.346 e. The second kappa shape index (κ2) is 4.11. The van der Waals surface area contributed by atoms with Gasteiger partial charge in [-0.05, 0) is 12.2 Å². The summed E-state index contributed by atoms with van der Waals surface area (Å²) in [7, 11) is 0. The smallest absolute Gasteiger partial charge is 0.280 e. The first kappa shape index (κ1) is 9.02. The number of thioether (sulfide) groups is 1. The van der Waals surface area contributed by atoms with Gasteiger partial charge in [0.25, 0.3) is 5.91 Å². The van der Waals surface area contributed by atoms with Gasteiger partial charge in [-0.1, -0.05) is 0 Å². The van der Waals surface area contributed by atoms with Gasteiger partial charge in [0.1, 0.15) is 0 Å². The number of aromatic nitrogens is 1. The van der Waals surface area contributed by atoms with Crippen molar-refractivity contribution in [3.05, 3.63) is 16.6 Å². The topological polar surface area (TPSA) is 42.0 Å². The Morgan fingerprint density at radius 3 is 3.23 bits per heavy atom. The van der Waals surface area contributed by atoms with Crippen molar-refractivity contribution in [1.29, 1.82) is 0 Å². The van der Waals surface area contributed by atoms with Gasteiger partial charge < -0.3 is 5.32 Å². The molecule has 1 atom stereocenters. The van der Waals surface area contributed by atoms with Crippen molar-refractivity contribution in [3.63, 3.8) is 0 Å². The molecule has 1 aromatic rings. The van der Waals surface area contributed by atoms with Gasteiger partial charge >= 0.3 is 0 Å². The van der Waals surface area contributed by atoms with Crippen molar-refractivity contribution >= 4 is 29.0 Å². The Labute approximate surface area is 84.9 Å². The third-order valence-electron chi connectivity index (χ3n) is 1.89. The van der Waals surface area contributed by atoms with Crippen molar-refractivity contribution < 1.29 is 4.79 Å². The fraction of sp³-hybridized carbons (Fsp3) is 0.500. The van der Waals surface area contributed by atoms with E-state index in [0.29, 0.717) is 11.0 Å². The molecule has 1 N–H and O–H groups in total. The van der Waals surface area contributed by atoms with Crippen molar-refractivity contribution in [2.24, 2.45) is 0 Å². The lowest BCUT2D eigenvalue weighted by Crippen LogP contribution is -2.34. The van der Waals surface area contributed by atoms with E-state index in [1.807, 2.05) is 17.1 Å². The first-order valence-electron chi connectivity index (χ1n) is 4.14. The van der Waals surface area contributed by atoms with E-state index in [4.69, 9.17) is 0 Å². The predicted octanol–water partition coefficient (Wildman–Crippen LogP) is 1.38. The summed E-state index contributed by atoms with van der Waals surface area (Å²) in [6.45, 7) is 0. The van der Waals surface area contributed by atoms with Crippen LogP contribution in [0, 0.1) is 0 Å². The maximum atomic E-state index is 11.5. The minimum absolute atomic E-state index is 0.0255. The van der Waals surface area contributed by atoms with E-state index in [0.717, 1.165) is 17.9 Å². The van der Waals surface area contributed by atoms with Crippen LogP contribution in [0.15, 0.2) is 11.6 Å². The van der Waals surface area contributed by atoms with Crippen molar-refractivity contribution in [3.8, 4) is 0 Å². The van der Waals surface area contributed by atoms with Crippen LogP contribution in [0.2, 0.25) is 0 Å². The van der Waals surface area contributed by atoms with Gasteiger partial charge in [-0.3, -0.25) is 4.79 Å².